The van der Waals surface area contributed by atoms with E-state index in [-0.39, 0.29) is 10.6 Å². The molecule has 0 unspecified atom stereocenters. The quantitative estimate of drug-likeness (QED) is 0.643. The minimum Gasteiger partial charge on any atom is -0.508 e. The van der Waals surface area contributed by atoms with Crippen molar-refractivity contribution < 1.29 is 18.1 Å². The minimum atomic E-state index is -4.15. The maximum absolute atomic E-state index is 10.6. The summed E-state index contributed by atoms with van der Waals surface area (Å²) in [5.74, 6) is 0.00222. The third kappa shape index (κ3) is 1.75. The molecule has 1 aromatic rings. The van der Waals surface area contributed by atoms with Gasteiger partial charge in [0.1, 0.15) is 5.75 Å². The molecule has 0 aliphatic carbocycles. The molecule has 0 aliphatic rings. The highest BCUT2D eigenvalue weighted by atomic mass is 32.2. The highest BCUT2D eigenvalue weighted by molar-refractivity contribution is 7.85. The summed E-state index contributed by atoms with van der Waals surface area (Å²) in [4.78, 5) is -0.210. The van der Waals surface area contributed by atoms with Crippen LogP contribution < -0.4 is 0 Å². The molecule has 5 heteroatoms. The van der Waals surface area contributed by atoms with E-state index < -0.39 is 10.1 Å². The Hall–Kier alpha value is -1.07. The lowest BCUT2D eigenvalue weighted by Gasteiger charge is -2.00. The van der Waals surface area contributed by atoms with Crippen LogP contribution in [0.15, 0.2) is 23.1 Å². The zero-order valence-electron chi connectivity index (χ0n) is 6.35. The Bertz CT molecular complexity index is 394. The average molecular weight is 188 g/mol. The van der Waals surface area contributed by atoms with E-state index >= 15 is 0 Å². The first-order valence-corrected chi connectivity index (χ1v) is 4.62. The van der Waals surface area contributed by atoms with Crippen molar-refractivity contribution in [3.8, 4) is 5.75 Å². The van der Waals surface area contributed by atoms with Crippen molar-refractivity contribution in [2.24, 2.45) is 0 Å². The number of aromatic hydroxyl groups is 1. The fourth-order valence-electron chi connectivity index (χ4n) is 0.788. The average Bonchev–Trinajstić information content (AvgIpc) is 1.92. The normalized spacial score (nSPS) is 11.5. The Balaban J connectivity index is 3.33. The van der Waals surface area contributed by atoms with Crippen LogP contribution >= 0.6 is 0 Å². The van der Waals surface area contributed by atoms with Crippen LogP contribution in [0, 0.1) is 6.92 Å². The first-order chi connectivity index (χ1) is 5.41. The summed E-state index contributed by atoms with van der Waals surface area (Å²) >= 11 is 0. The second-order valence-electron chi connectivity index (χ2n) is 2.42. The molecule has 0 saturated carbocycles. The third-order valence-corrected chi connectivity index (χ3v) is 2.32. The van der Waals surface area contributed by atoms with Gasteiger partial charge in [-0.25, -0.2) is 0 Å². The van der Waals surface area contributed by atoms with E-state index in [2.05, 4.69) is 0 Å². The molecule has 0 bridgehead atoms. The van der Waals surface area contributed by atoms with E-state index in [1.54, 1.807) is 6.92 Å². The fraction of sp³-hybridized carbons (Fsp3) is 0.143. The van der Waals surface area contributed by atoms with E-state index in [4.69, 9.17) is 9.66 Å². The van der Waals surface area contributed by atoms with E-state index in [1.807, 2.05) is 0 Å². The molecule has 0 heterocycles. The zero-order valence-corrected chi connectivity index (χ0v) is 7.17. The monoisotopic (exact) mass is 188 g/mol. The van der Waals surface area contributed by atoms with Crippen LogP contribution in [0.2, 0.25) is 0 Å². The largest absolute Gasteiger partial charge is 0.508 e. The van der Waals surface area contributed by atoms with E-state index in [0.717, 1.165) is 6.07 Å². The van der Waals surface area contributed by atoms with Gasteiger partial charge < -0.3 is 5.11 Å². The lowest BCUT2D eigenvalue weighted by molar-refractivity contribution is 0.468. The van der Waals surface area contributed by atoms with Crippen LogP contribution in [0.5, 0.6) is 5.75 Å². The van der Waals surface area contributed by atoms with Crippen molar-refractivity contribution in [1.82, 2.24) is 0 Å². The van der Waals surface area contributed by atoms with Crippen LogP contribution in [0.25, 0.3) is 0 Å². The Morgan fingerprint density at radius 3 is 2.33 bits per heavy atom. The Labute approximate surface area is 70.2 Å². The van der Waals surface area contributed by atoms with Crippen molar-refractivity contribution in [2.75, 3.05) is 0 Å². The Morgan fingerprint density at radius 2 is 1.92 bits per heavy atom. The highest BCUT2D eigenvalue weighted by Gasteiger charge is 2.09. The van der Waals surface area contributed by atoms with Crippen molar-refractivity contribution >= 4 is 10.1 Å². The molecule has 1 aromatic carbocycles. The van der Waals surface area contributed by atoms with Crippen LogP contribution in [-0.4, -0.2) is 18.1 Å². The maximum atomic E-state index is 10.6. The molecule has 0 atom stereocenters. The highest BCUT2D eigenvalue weighted by Crippen LogP contribution is 2.19. The number of rotatable bonds is 1. The van der Waals surface area contributed by atoms with Crippen molar-refractivity contribution in [3.63, 3.8) is 0 Å². The number of phenols is 1. The topological polar surface area (TPSA) is 74.6 Å². The van der Waals surface area contributed by atoms with Crippen LogP contribution in [0.3, 0.4) is 0 Å². The summed E-state index contributed by atoms with van der Waals surface area (Å²) in [5.41, 5.74) is 0.408. The van der Waals surface area contributed by atoms with Gasteiger partial charge in [0.2, 0.25) is 0 Å². The smallest absolute Gasteiger partial charge is 0.294 e. The predicted molar refractivity (Wildman–Crippen MR) is 42.7 cm³/mol. The lowest BCUT2D eigenvalue weighted by Crippen LogP contribution is -1.97. The summed E-state index contributed by atoms with van der Waals surface area (Å²) in [6, 6.07) is 3.56. The molecular formula is C7H8O4S. The third-order valence-electron chi connectivity index (χ3n) is 1.47. The molecule has 0 amide bonds. The van der Waals surface area contributed by atoms with Gasteiger partial charge in [0.05, 0.1) is 4.90 Å². The van der Waals surface area contributed by atoms with Crippen LogP contribution in [0.4, 0.5) is 0 Å². The van der Waals surface area contributed by atoms with Gasteiger partial charge in [0.25, 0.3) is 10.1 Å². The molecule has 2 N–H and O–H groups in total. The van der Waals surface area contributed by atoms with Crippen molar-refractivity contribution in [1.29, 1.82) is 0 Å². The fourth-order valence-corrected chi connectivity index (χ4v) is 1.35. The number of hydrogen-bond donors (Lipinski definition) is 2. The summed E-state index contributed by atoms with van der Waals surface area (Å²) in [5, 5.41) is 9.03. The number of phenolic OH excluding ortho intramolecular Hbond substituents is 1. The zero-order chi connectivity index (χ0) is 9.35. The Morgan fingerprint density at radius 1 is 1.33 bits per heavy atom. The molecule has 0 aromatic heterocycles. The van der Waals surface area contributed by atoms with Crippen molar-refractivity contribution in [3.05, 3.63) is 23.8 Å². The molecule has 12 heavy (non-hydrogen) atoms. The molecule has 0 fully saturated rings. The van der Waals surface area contributed by atoms with E-state index in [1.165, 1.54) is 12.1 Å². The molecule has 1 rings (SSSR count). The van der Waals surface area contributed by atoms with Gasteiger partial charge in [-0.05, 0) is 30.7 Å². The number of hydrogen-bond acceptors (Lipinski definition) is 3. The standard InChI is InChI=1S/C7H8O4S/c1-5-4-6(12(9,10)11)2-3-7(5)8/h2-4,8H,1H3,(H,9,10,11). The van der Waals surface area contributed by atoms with Gasteiger partial charge in [-0.2, -0.15) is 8.42 Å². The molecule has 0 saturated heterocycles. The number of aryl methyl sites for hydroxylation is 1. The molecular weight excluding hydrogens is 180 g/mol. The summed E-state index contributed by atoms with van der Waals surface area (Å²) in [6.07, 6.45) is 0. The Kier molecular flexibility index (Phi) is 2.08. The summed E-state index contributed by atoms with van der Waals surface area (Å²) in [7, 11) is -4.15. The van der Waals surface area contributed by atoms with Gasteiger partial charge in [-0.15, -0.1) is 0 Å². The molecule has 0 aliphatic heterocycles. The second kappa shape index (κ2) is 2.76. The second-order valence-corrected chi connectivity index (χ2v) is 3.84. The minimum absolute atomic E-state index is 0.00222. The van der Waals surface area contributed by atoms with Gasteiger partial charge in [-0.3, -0.25) is 4.55 Å². The SMILES string of the molecule is Cc1cc(S(=O)(=O)O)ccc1O. The number of benzene rings is 1. The van der Waals surface area contributed by atoms with E-state index in [0.29, 0.717) is 5.56 Å². The predicted octanol–water partition coefficient (Wildman–Crippen LogP) is 0.947. The van der Waals surface area contributed by atoms with Gasteiger partial charge in [0.15, 0.2) is 0 Å². The van der Waals surface area contributed by atoms with Crippen LogP contribution in [-0.2, 0) is 10.1 Å². The first kappa shape index (κ1) is 9.02. The maximum Gasteiger partial charge on any atom is 0.294 e. The van der Waals surface area contributed by atoms with Gasteiger partial charge >= 0.3 is 0 Å². The first-order valence-electron chi connectivity index (χ1n) is 3.18. The van der Waals surface area contributed by atoms with Crippen molar-refractivity contribution in [2.45, 2.75) is 11.8 Å². The summed E-state index contributed by atoms with van der Waals surface area (Å²) < 4.78 is 29.7. The van der Waals surface area contributed by atoms with E-state index in [9.17, 15) is 8.42 Å². The van der Waals surface area contributed by atoms with Gasteiger partial charge in [-0.1, -0.05) is 0 Å². The van der Waals surface area contributed by atoms with Crippen LogP contribution in [0.1, 0.15) is 5.56 Å². The molecule has 0 spiro atoms. The van der Waals surface area contributed by atoms with Gasteiger partial charge in [0, 0.05) is 0 Å². The molecule has 0 radical (unpaired) electrons. The lowest BCUT2D eigenvalue weighted by atomic mass is 10.2. The molecule has 4 nitrogen and oxygen atoms in total. The summed E-state index contributed by atoms with van der Waals surface area (Å²) in [6.45, 7) is 1.55. The molecule has 66 valence electrons.